The minimum Gasteiger partial charge on any atom is -0.493 e. The molecular weight excluding hydrogens is 356 g/mol. The Morgan fingerprint density at radius 1 is 0.926 bits per heavy atom. The number of hydrogen-bond donors (Lipinski definition) is 2. The number of benzene rings is 2. The zero-order valence-electron chi connectivity index (χ0n) is 16.1. The van der Waals surface area contributed by atoms with Gasteiger partial charge in [0.2, 0.25) is 0 Å². The minimum absolute atomic E-state index is 0.149. The highest BCUT2D eigenvalue weighted by molar-refractivity contribution is 6.99. The molecule has 2 aromatic carbocycles. The summed E-state index contributed by atoms with van der Waals surface area (Å²) in [6.45, 7) is 6.81. The smallest absolute Gasteiger partial charge is 0.261 e. The molecule has 144 valence electrons. The minimum atomic E-state index is -2.68. The van der Waals surface area contributed by atoms with Crippen LogP contribution in [0.5, 0.6) is 0 Å². The van der Waals surface area contributed by atoms with Gasteiger partial charge in [-0.2, -0.15) is 0 Å². The Balaban J connectivity index is 2.03. The van der Waals surface area contributed by atoms with Crippen LogP contribution in [-0.4, -0.2) is 43.4 Å². The van der Waals surface area contributed by atoms with Crippen molar-refractivity contribution in [3.05, 3.63) is 73.0 Å². The topological polar surface area (TPSA) is 58.9 Å². The first-order chi connectivity index (χ1) is 12.9. The highest BCUT2D eigenvalue weighted by Crippen LogP contribution is 2.37. The van der Waals surface area contributed by atoms with Crippen molar-refractivity contribution in [2.45, 2.75) is 44.1 Å². The summed E-state index contributed by atoms with van der Waals surface area (Å²) in [5.74, 6) is 0. The number of ether oxygens (including phenoxy) is 1. The van der Waals surface area contributed by atoms with Gasteiger partial charge in [0, 0.05) is 0 Å². The van der Waals surface area contributed by atoms with Gasteiger partial charge in [-0.1, -0.05) is 81.4 Å². The lowest BCUT2D eigenvalue weighted by molar-refractivity contribution is -0.0783. The van der Waals surface area contributed by atoms with Crippen molar-refractivity contribution in [3.63, 3.8) is 0 Å². The lowest BCUT2D eigenvalue weighted by atomic mass is 10.1. The Hall–Kier alpha value is -1.92. The maximum Gasteiger partial charge on any atom is 0.261 e. The predicted molar refractivity (Wildman–Crippen MR) is 110 cm³/mol. The van der Waals surface area contributed by atoms with Gasteiger partial charge in [0.05, 0.1) is 12.9 Å². The van der Waals surface area contributed by atoms with Gasteiger partial charge in [0.25, 0.3) is 8.32 Å². The molecule has 2 aromatic rings. The van der Waals surface area contributed by atoms with Crippen molar-refractivity contribution in [2.24, 2.45) is 0 Å². The third kappa shape index (κ3) is 3.87. The quantitative estimate of drug-likeness (QED) is 0.776. The predicted octanol–water partition coefficient (Wildman–Crippen LogP) is 2.20. The summed E-state index contributed by atoms with van der Waals surface area (Å²) in [7, 11) is -2.68. The molecule has 0 radical (unpaired) electrons. The molecule has 3 rings (SSSR count). The molecule has 1 aliphatic rings. The van der Waals surface area contributed by atoms with E-state index in [1.807, 2.05) is 36.4 Å². The molecule has 0 aliphatic carbocycles. The van der Waals surface area contributed by atoms with Crippen molar-refractivity contribution in [2.75, 3.05) is 6.61 Å². The third-order valence-corrected chi connectivity index (χ3v) is 10.1. The largest absolute Gasteiger partial charge is 0.493 e. The Kier molecular flexibility index (Phi) is 5.86. The van der Waals surface area contributed by atoms with Crippen LogP contribution in [0.4, 0.5) is 0 Å². The van der Waals surface area contributed by atoms with Crippen LogP contribution in [0.1, 0.15) is 20.8 Å². The SMILES string of the molecule is CC(C)(C)[Si](OC[C@H]1OC=C[C@@H](O)[C@H]1O)(c1ccccc1)c1ccccc1. The maximum absolute atomic E-state index is 10.3. The molecule has 5 heteroatoms. The summed E-state index contributed by atoms with van der Waals surface area (Å²) in [5, 5.41) is 22.4. The second kappa shape index (κ2) is 7.98. The highest BCUT2D eigenvalue weighted by Gasteiger charge is 2.50. The van der Waals surface area contributed by atoms with Crippen LogP contribution in [0.25, 0.3) is 0 Å². The Morgan fingerprint density at radius 2 is 1.44 bits per heavy atom. The molecule has 0 bridgehead atoms. The van der Waals surface area contributed by atoms with Gasteiger partial charge in [-0.15, -0.1) is 0 Å². The van der Waals surface area contributed by atoms with Gasteiger partial charge >= 0.3 is 0 Å². The fourth-order valence-corrected chi connectivity index (χ4v) is 8.32. The first-order valence-corrected chi connectivity index (χ1v) is 11.2. The molecule has 4 nitrogen and oxygen atoms in total. The van der Waals surface area contributed by atoms with Gasteiger partial charge < -0.3 is 19.4 Å². The molecule has 27 heavy (non-hydrogen) atoms. The van der Waals surface area contributed by atoms with Crippen LogP contribution < -0.4 is 10.4 Å². The van der Waals surface area contributed by atoms with Crippen molar-refractivity contribution < 1.29 is 19.4 Å². The fourth-order valence-electron chi connectivity index (χ4n) is 3.75. The van der Waals surface area contributed by atoms with E-state index in [9.17, 15) is 10.2 Å². The van der Waals surface area contributed by atoms with Gasteiger partial charge in [-0.25, -0.2) is 0 Å². The second-order valence-electron chi connectivity index (χ2n) is 7.96. The molecular formula is C22H28O4Si. The molecule has 0 aromatic heterocycles. The van der Waals surface area contributed by atoms with E-state index in [2.05, 4.69) is 45.0 Å². The van der Waals surface area contributed by atoms with Crippen molar-refractivity contribution in [1.29, 1.82) is 0 Å². The zero-order valence-corrected chi connectivity index (χ0v) is 17.1. The third-order valence-electron chi connectivity index (χ3n) is 5.14. The molecule has 0 saturated heterocycles. The molecule has 0 spiro atoms. The molecule has 1 heterocycles. The Morgan fingerprint density at radius 3 is 1.93 bits per heavy atom. The highest BCUT2D eigenvalue weighted by atomic mass is 28.4. The first-order valence-electron chi connectivity index (χ1n) is 9.29. The monoisotopic (exact) mass is 384 g/mol. The van der Waals surface area contributed by atoms with Crippen LogP contribution in [-0.2, 0) is 9.16 Å². The van der Waals surface area contributed by atoms with Crippen LogP contribution >= 0.6 is 0 Å². The Labute approximate surface area is 162 Å². The van der Waals surface area contributed by atoms with E-state index >= 15 is 0 Å². The van der Waals surface area contributed by atoms with E-state index in [4.69, 9.17) is 9.16 Å². The van der Waals surface area contributed by atoms with Crippen LogP contribution in [0.3, 0.4) is 0 Å². The summed E-state index contributed by atoms with van der Waals surface area (Å²) in [6, 6.07) is 20.6. The van der Waals surface area contributed by atoms with Crippen molar-refractivity contribution in [3.8, 4) is 0 Å². The van der Waals surface area contributed by atoms with E-state index < -0.39 is 26.6 Å². The number of rotatable bonds is 5. The van der Waals surface area contributed by atoms with Gasteiger partial charge in [-0.3, -0.25) is 0 Å². The summed E-state index contributed by atoms with van der Waals surface area (Å²) in [6.07, 6.45) is 0.340. The lowest BCUT2D eigenvalue weighted by Gasteiger charge is -2.44. The lowest BCUT2D eigenvalue weighted by Crippen LogP contribution is -2.67. The average Bonchev–Trinajstić information content (AvgIpc) is 2.66. The van der Waals surface area contributed by atoms with Gasteiger partial charge in [0.1, 0.15) is 18.3 Å². The van der Waals surface area contributed by atoms with Gasteiger partial charge in [0.15, 0.2) is 0 Å². The molecule has 0 saturated carbocycles. The van der Waals surface area contributed by atoms with Crippen molar-refractivity contribution in [1.82, 2.24) is 0 Å². The van der Waals surface area contributed by atoms with E-state index in [0.29, 0.717) is 0 Å². The number of hydrogen-bond acceptors (Lipinski definition) is 4. The number of aliphatic hydroxyl groups is 2. The van der Waals surface area contributed by atoms with Crippen molar-refractivity contribution >= 4 is 18.7 Å². The van der Waals surface area contributed by atoms with E-state index in [-0.39, 0.29) is 11.6 Å². The molecule has 0 amide bonds. The normalized spacial score (nSPS) is 23.1. The summed E-state index contributed by atoms with van der Waals surface area (Å²) in [5.41, 5.74) is 0. The summed E-state index contributed by atoms with van der Waals surface area (Å²) < 4.78 is 12.3. The van der Waals surface area contributed by atoms with Crippen LogP contribution in [0.2, 0.25) is 5.04 Å². The fraction of sp³-hybridized carbons (Fsp3) is 0.364. The van der Waals surface area contributed by atoms with E-state index in [1.165, 1.54) is 22.7 Å². The average molecular weight is 385 g/mol. The van der Waals surface area contributed by atoms with Crippen LogP contribution in [0, 0.1) is 0 Å². The second-order valence-corrected chi connectivity index (χ2v) is 12.3. The molecule has 0 unspecified atom stereocenters. The maximum atomic E-state index is 10.3. The van der Waals surface area contributed by atoms with E-state index in [1.54, 1.807) is 0 Å². The van der Waals surface area contributed by atoms with Crippen LogP contribution in [0.15, 0.2) is 73.0 Å². The molecule has 3 atom stereocenters. The summed E-state index contributed by atoms with van der Waals surface area (Å²) in [4.78, 5) is 0. The van der Waals surface area contributed by atoms with E-state index in [0.717, 1.165) is 0 Å². The number of aliphatic hydroxyl groups excluding tert-OH is 2. The molecule has 0 fully saturated rings. The first kappa shape index (κ1) is 19.8. The standard InChI is InChI=1S/C22H28O4Si/c1-22(2,3)27(17-10-6-4-7-11-17,18-12-8-5-9-13-18)26-16-20-21(24)19(23)14-15-25-20/h4-15,19-21,23-24H,16H2,1-3H3/t19-,20-,21-/m1/s1. The van der Waals surface area contributed by atoms with Gasteiger partial charge in [-0.05, 0) is 21.5 Å². The zero-order chi connectivity index (χ0) is 19.5. The summed E-state index contributed by atoms with van der Waals surface area (Å²) >= 11 is 0. The molecule has 1 aliphatic heterocycles. The molecule has 2 N–H and O–H groups in total. The Bertz CT molecular complexity index is 715.